The summed E-state index contributed by atoms with van der Waals surface area (Å²) in [5.74, 6) is 0.758. The fourth-order valence-electron chi connectivity index (χ4n) is 2.11. The van der Waals surface area contributed by atoms with Gasteiger partial charge in [-0.15, -0.1) is 0 Å². The van der Waals surface area contributed by atoms with Gasteiger partial charge in [0.1, 0.15) is 0 Å². The van der Waals surface area contributed by atoms with Crippen molar-refractivity contribution < 1.29 is 0 Å². The highest BCUT2D eigenvalue weighted by Gasteiger charge is 2.11. The van der Waals surface area contributed by atoms with Gasteiger partial charge in [0.15, 0.2) is 0 Å². The normalized spacial score (nSPS) is 13.0. The van der Waals surface area contributed by atoms with Crippen LogP contribution in [0.25, 0.3) is 0 Å². The van der Waals surface area contributed by atoms with Gasteiger partial charge in [-0.2, -0.15) is 0 Å². The largest absolute Gasteiger partial charge is 0.329 e. The minimum Gasteiger partial charge on any atom is -0.329 e. The van der Waals surface area contributed by atoms with E-state index in [0.29, 0.717) is 6.54 Å². The topological polar surface area (TPSA) is 38.0 Å². The molecule has 1 rings (SSSR count). The van der Waals surface area contributed by atoms with E-state index in [1.54, 1.807) is 0 Å². The minimum absolute atomic E-state index is 0.287. The first-order valence-electron chi connectivity index (χ1n) is 6.71. The van der Waals surface area contributed by atoms with Gasteiger partial charge >= 0.3 is 0 Å². The lowest BCUT2D eigenvalue weighted by molar-refractivity contribution is 0.414. The molecule has 0 aliphatic heterocycles. The summed E-state index contributed by atoms with van der Waals surface area (Å²) in [4.78, 5) is 0. The van der Waals surface area contributed by atoms with E-state index in [4.69, 9.17) is 5.73 Å². The molecular weight excluding hydrogens is 208 g/mol. The number of nitrogens with two attached hydrogens (primary N) is 1. The zero-order chi connectivity index (χ0) is 12.7. The molecule has 0 spiro atoms. The Morgan fingerprint density at radius 2 is 1.94 bits per heavy atom. The summed E-state index contributed by atoms with van der Waals surface area (Å²) in [6.07, 6.45) is 2.46. The average molecular weight is 234 g/mol. The standard InChI is InChI=1S/C15H26N2/c1-4-13(5-2)11-17-15(10-16)14-8-6-7-12(3)9-14/h6-9,13,15,17H,4-5,10-11,16H2,1-3H3. The van der Waals surface area contributed by atoms with Crippen LogP contribution in [-0.4, -0.2) is 13.1 Å². The van der Waals surface area contributed by atoms with Gasteiger partial charge in [-0.3, -0.25) is 0 Å². The van der Waals surface area contributed by atoms with Crippen LogP contribution in [0.2, 0.25) is 0 Å². The number of hydrogen-bond acceptors (Lipinski definition) is 2. The van der Waals surface area contributed by atoms with Gasteiger partial charge in [-0.05, 0) is 24.9 Å². The molecule has 0 saturated heterocycles. The fourth-order valence-corrected chi connectivity index (χ4v) is 2.11. The highest BCUT2D eigenvalue weighted by molar-refractivity contribution is 5.25. The second-order valence-electron chi connectivity index (χ2n) is 4.79. The number of rotatable bonds is 7. The molecule has 2 heteroatoms. The molecule has 17 heavy (non-hydrogen) atoms. The number of benzene rings is 1. The van der Waals surface area contributed by atoms with Gasteiger partial charge in [0, 0.05) is 12.6 Å². The first-order valence-corrected chi connectivity index (χ1v) is 6.71. The molecule has 1 unspecified atom stereocenters. The van der Waals surface area contributed by atoms with E-state index < -0.39 is 0 Å². The Morgan fingerprint density at radius 3 is 2.47 bits per heavy atom. The molecule has 0 fully saturated rings. The van der Waals surface area contributed by atoms with Crippen molar-refractivity contribution in [2.75, 3.05) is 13.1 Å². The average Bonchev–Trinajstić information content (AvgIpc) is 2.35. The Balaban J connectivity index is 2.59. The number of hydrogen-bond donors (Lipinski definition) is 2. The molecule has 0 heterocycles. The van der Waals surface area contributed by atoms with Crippen LogP contribution in [0.4, 0.5) is 0 Å². The van der Waals surface area contributed by atoms with Crippen molar-refractivity contribution in [3.05, 3.63) is 35.4 Å². The predicted octanol–water partition coefficient (Wildman–Crippen LogP) is 3.02. The summed E-state index contributed by atoms with van der Waals surface area (Å²) in [7, 11) is 0. The third-order valence-electron chi connectivity index (χ3n) is 3.49. The third-order valence-corrected chi connectivity index (χ3v) is 3.49. The van der Waals surface area contributed by atoms with Crippen LogP contribution in [0.15, 0.2) is 24.3 Å². The summed E-state index contributed by atoms with van der Waals surface area (Å²) in [6.45, 7) is 8.34. The summed E-state index contributed by atoms with van der Waals surface area (Å²) in [5.41, 5.74) is 8.46. The Kier molecular flexibility index (Phi) is 6.23. The van der Waals surface area contributed by atoms with Crippen molar-refractivity contribution in [2.45, 2.75) is 39.7 Å². The van der Waals surface area contributed by atoms with Gasteiger partial charge in [0.05, 0.1) is 0 Å². The SMILES string of the molecule is CCC(CC)CNC(CN)c1cccc(C)c1. The maximum atomic E-state index is 5.86. The Morgan fingerprint density at radius 1 is 1.24 bits per heavy atom. The van der Waals surface area contributed by atoms with E-state index in [1.807, 2.05) is 0 Å². The molecule has 0 aliphatic rings. The minimum atomic E-state index is 0.287. The summed E-state index contributed by atoms with van der Waals surface area (Å²) in [6, 6.07) is 8.89. The highest BCUT2D eigenvalue weighted by Crippen LogP contribution is 2.15. The maximum Gasteiger partial charge on any atom is 0.0444 e. The van der Waals surface area contributed by atoms with E-state index >= 15 is 0 Å². The molecule has 0 aromatic heterocycles. The first-order chi connectivity index (χ1) is 8.21. The number of nitrogens with one attached hydrogen (secondary N) is 1. The Labute approximate surface area is 106 Å². The molecule has 3 N–H and O–H groups in total. The fraction of sp³-hybridized carbons (Fsp3) is 0.600. The highest BCUT2D eigenvalue weighted by atomic mass is 14.9. The van der Waals surface area contributed by atoms with Crippen molar-refractivity contribution in [2.24, 2.45) is 11.7 Å². The van der Waals surface area contributed by atoms with Crippen molar-refractivity contribution in [3.8, 4) is 0 Å². The van der Waals surface area contributed by atoms with Gasteiger partial charge in [0.25, 0.3) is 0 Å². The molecule has 1 aromatic carbocycles. The molecular formula is C15H26N2. The second-order valence-corrected chi connectivity index (χ2v) is 4.79. The smallest absolute Gasteiger partial charge is 0.0444 e. The van der Waals surface area contributed by atoms with E-state index in [1.165, 1.54) is 24.0 Å². The van der Waals surface area contributed by atoms with Crippen LogP contribution in [0, 0.1) is 12.8 Å². The zero-order valence-electron chi connectivity index (χ0n) is 11.4. The van der Waals surface area contributed by atoms with Crippen molar-refractivity contribution in [3.63, 3.8) is 0 Å². The molecule has 0 amide bonds. The molecule has 2 nitrogen and oxygen atoms in total. The van der Waals surface area contributed by atoms with Crippen LogP contribution in [-0.2, 0) is 0 Å². The summed E-state index contributed by atoms with van der Waals surface area (Å²) in [5, 5.41) is 3.59. The van der Waals surface area contributed by atoms with E-state index in [2.05, 4.69) is 50.4 Å². The lowest BCUT2D eigenvalue weighted by atomic mass is 10.0. The van der Waals surface area contributed by atoms with Crippen LogP contribution >= 0.6 is 0 Å². The van der Waals surface area contributed by atoms with E-state index in [9.17, 15) is 0 Å². The van der Waals surface area contributed by atoms with E-state index in [-0.39, 0.29) is 6.04 Å². The van der Waals surface area contributed by atoms with E-state index in [0.717, 1.165) is 12.5 Å². The van der Waals surface area contributed by atoms with Crippen LogP contribution < -0.4 is 11.1 Å². The molecule has 0 aliphatic carbocycles. The van der Waals surface area contributed by atoms with Gasteiger partial charge in [-0.25, -0.2) is 0 Å². The molecule has 1 aromatic rings. The Bertz CT molecular complexity index is 318. The molecule has 0 radical (unpaired) electrons. The summed E-state index contributed by atoms with van der Waals surface area (Å²) < 4.78 is 0. The van der Waals surface area contributed by atoms with Crippen molar-refractivity contribution in [1.29, 1.82) is 0 Å². The number of aryl methyl sites for hydroxylation is 1. The van der Waals surface area contributed by atoms with Gasteiger partial charge in [0.2, 0.25) is 0 Å². The second kappa shape index (κ2) is 7.46. The maximum absolute atomic E-state index is 5.86. The predicted molar refractivity (Wildman–Crippen MR) is 75.0 cm³/mol. The van der Waals surface area contributed by atoms with Crippen LogP contribution in [0.1, 0.15) is 43.9 Å². The molecule has 96 valence electrons. The molecule has 0 bridgehead atoms. The molecule has 0 saturated carbocycles. The third kappa shape index (κ3) is 4.49. The first kappa shape index (κ1) is 14.2. The zero-order valence-corrected chi connectivity index (χ0v) is 11.4. The lowest BCUT2D eigenvalue weighted by Crippen LogP contribution is -2.32. The lowest BCUT2D eigenvalue weighted by Gasteiger charge is -2.21. The summed E-state index contributed by atoms with van der Waals surface area (Å²) >= 11 is 0. The van der Waals surface area contributed by atoms with Crippen LogP contribution in [0.3, 0.4) is 0 Å². The quantitative estimate of drug-likeness (QED) is 0.761. The van der Waals surface area contributed by atoms with Gasteiger partial charge in [-0.1, -0.05) is 56.5 Å². The molecule has 1 atom stereocenters. The Hall–Kier alpha value is -0.860. The monoisotopic (exact) mass is 234 g/mol. The van der Waals surface area contributed by atoms with Crippen molar-refractivity contribution >= 4 is 0 Å². The van der Waals surface area contributed by atoms with Gasteiger partial charge < -0.3 is 11.1 Å². The van der Waals surface area contributed by atoms with Crippen LogP contribution in [0.5, 0.6) is 0 Å². The van der Waals surface area contributed by atoms with Crippen molar-refractivity contribution in [1.82, 2.24) is 5.32 Å².